The van der Waals surface area contributed by atoms with E-state index in [4.69, 9.17) is 9.15 Å². The maximum Gasteiger partial charge on any atom is 0.319 e. The highest BCUT2D eigenvalue weighted by atomic mass is 19.1. The third-order valence-electron chi connectivity index (χ3n) is 2.68. The molecule has 0 bridgehead atoms. The molecule has 21 heavy (non-hydrogen) atoms. The number of amides is 2. The quantitative estimate of drug-likeness (QED) is 0.771. The standard InChI is InChI=1S/C15H17FN2O3/c16-12-4-6-13(7-5-12)18-15(19)17-8-2-9-20-11-14-3-1-10-21-14/h1,3-7,10H,2,8-9,11H2,(H2,17,18,19). The highest BCUT2D eigenvalue weighted by Crippen LogP contribution is 2.07. The number of rotatable bonds is 7. The van der Waals surface area contributed by atoms with Gasteiger partial charge in [-0.05, 0) is 42.8 Å². The molecule has 5 nitrogen and oxygen atoms in total. The summed E-state index contributed by atoms with van der Waals surface area (Å²) in [5, 5.41) is 5.30. The largest absolute Gasteiger partial charge is 0.467 e. The Kier molecular flexibility index (Phi) is 5.78. The minimum Gasteiger partial charge on any atom is -0.467 e. The van der Waals surface area contributed by atoms with Gasteiger partial charge in [0.1, 0.15) is 18.2 Å². The maximum atomic E-state index is 12.7. The van der Waals surface area contributed by atoms with E-state index in [1.165, 1.54) is 24.3 Å². The molecule has 2 aromatic rings. The van der Waals surface area contributed by atoms with Gasteiger partial charge in [0.2, 0.25) is 0 Å². The Morgan fingerprint density at radius 3 is 2.76 bits per heavy atom. The number of benzene rings is 1. The van der Waals surface area contributed by atoms with Gasteiger partial charge in [-0.25, -0.2) is 9.18 Å². The van der Waals surface area contributed by atoms with Gasteiger partial charge in [0, 0.05) is 18.8 Å². The zero-order valence-corrected chi connectivity index (χ0v) is 11.5. The molecular weight excluding hydrogens is 275 g/mol. The van der Waals surface area contributed by atoms with Crippen molar-refractivity contribution in [3.63, 3.8) is 0 Å². The monoisotopic (exact) mass is 292 g/mol. The first-order chi connectivity index (χ1) is 10.2. The molecule has 1 aromatic heterocycles. The first kappa shape index (κ1) is 15.1. The predicted octanol–water partition coefficient (Wildman–Crippen LogP) is 3.15. The fraction of sp³-hybridized carbons (Fsp3) is 0.267. The lowest BCUT2D eigenvalue weighted by Gasteiger charge is -2.07. The van der Waals surface area contributed by atoms with Crippen LogP contribution in [0.4, 0.5) is 14.9 Å². The van der Waals surface area contributed by atoms with Crippen LogP contribution in [0.2, 0.25) is 0 Å². The number of ether oxygens (including phenoxy) is 1. The molecule has 0 radical (unpaired) electrons. The van der Waals surface area contributed by atoms with Crippen LogP contribution >= 0.6 is 0 Å². The van der Waals surface area contributed by atoms with Crippen LogP contribution in [-0.2, 0) is 11.3 Å². The third kappa shape index (κ3) is 5.66. The van der Waals surface area contributed by atoms with Crippen LogP contribution in [0.15, 0.2) is 47.1 Å². The molecular formula is C15H17FN2O3. The first-order valence-corrected chi connectivity index (χ1v) is 6.64. The van der Waals surface area contributed by atoms with E-state index >= 15 is 0 Å². The number of hydrogen-bond acceptors (Lipinski definition) is 3. The summed E-state index contributed by atoms with van der Waals surface area (Å²) in [6.07, 6.45) is 2.29. The maximum absolute atomic E-state index is 12.7. The summed E-state index contributed by atoms with van der Waals surface area (Å²) in [7, 11) is 0. The number of urea groups is 1. The molecule has 2 rings (SSSR count). The van der Waals surface area contributed by atoms with Crippen LogP contribution in [0.1, 0.15) is 12.2 Å². The molecule has 1 aromatic carbocycles. The van der Waals surface area contributed by atoms with Gasteiger partial charge in [0.15, 0.2) is 0 Å². The molecule has 0 fully saturated rings. The number of nitrogens with one attached hydrogen (secondary N) is 2. The number of halogens is 1. The van der Waals surface area contributed by atoms with Crippen molar-refractivity contribution in [1.82, 2.24) is 5.32 Å². The summed E-state index contributed by atoms with van der Waals surface area (Å²) >= 11 is 0. The molecule has 0 aliphatic heterocycles. The first-order valence-electron chi connectivity index (χ1n) is 6.64. The molecule has 0 aliphatic carbocycles. The topological polar surface area (TPSA) is 63.5 Å². The minimum absolute atomic E-state index is 0.326. The van der Waals surface area contributed by atoms with Gasteiger partial charge in [0.25, 0.3) is 0 Å². The Bertz CT molecular complexity index is 541. The summed E-state index contributed by atoms with van der Waals surface area (Å²) in [5.41, 5.74) is 0.544. The van der Waals surface area contributed by atoms with Crippen LogP contribution in [0.25, 0.3) is 0 Å². The number of anilines is 1. The van der Waals surface area contributed by atoms with Crippen molar-refractivity contribution in [3.8, 4) is 0 Å². The summed E-state index contributed by atoms with van der Waals surface area (Å²) in [4.78, 5) is 11.5. The molecule has 6 heteroatoms. The zero-order valence-electron chi connectivity index (χ0n) is 11.5. The van der Waals surface area contributed by atoms with E-state index in [-0.39, 0.29) is 11.8 Å². The summed E-state index contributed by atoms with van der Waals surface area (Å²) < 4.78 is 23.2. The molecule has 0 saturated heterocycles. The SMILES string of the molecule is O=C(NCCCOCc1ccco1)Nc1ccc(F)cc1. The molecule has 0 spiro atoms. The molecule has 2 amide bonds. The average Bonchev–Trinajstić information content (AvgIpc) is 2.98. The molecule has 0 saturated carbocycles. The normalized spacial score (nSPS) is 10.3. The lowest BCUT2D eigenvalue weighted by molar-refractivity contribution is 0.104. The van der Waals surface area contributed by atoms with E-state index in [9.17, 15) is 9.18 Å². The van der Waals surface area contributed by atoms with Crippen molar-refractivity contribution >= 4 is 11.7 Å². The van der Waals surface area contributed by atoms with Crippen LogP contribution in [0.5, 0.6) is 0 Å². The van der Waals surface area contributed by atoms with Crippen LogP contribution in [0.3, 0.4) is 0 Å². The number of carbonyl (C=O) groups is 1. The van der Waals surface area contributed by atoms with E-state index in [1.54, 1.807) is 12.3 Å². The summed E-state index contributed by atoms with van der Waals surface area (Å²) in [5.74, 6) is 0.437. The molecule has 0 aliphatic rings. The fourth-order valence-electron chi connectivity index (χ4n) is 1.65. The minimum atomic E-state index is -0.338. The predicted molar refractivity (Wildman–Crippen MR) is 76.4 cm³/mol. The Morgan fingerprint density at radius 2 is 2.05 bits per heavy atom. The van der Waals surface area contributed by atoms with Crippen LogP contribution in [0, 0.1) is 5.82 Å². The van der Waals surface area contributed by atoms with Gasteiger partial charge in [-0.15, -0.1) is 0 Å². The Balaban J connectivity index is 1.54. The van der Waals surface area contributed by atoms with Gasteiger partial charge in [-0.1, -0.05) is 0 Å². The second kappa shape index (κ2) is 8.06. The Morgan fingerprint density at radius 1 is 1.24 bits per heavy atom. The zero-order chi connectivity index (χ0) is 14.9. The smallest absolute Gasteiger partial charge is 0.319 e. The van der Waals surface area contributed by atoms with Crippen molar-refractivity contribution in [2.45, 2.75) is 13.0 Å². The lowest BCUT2D eigenvalue weighted by Crippen LogP contribution is -2.30. The van der Waals surface area contributed by atoms with Crippen molar-refractivity contribution < 1.29 is 18.3 Å². The van der Waals surface area contributed by atoms with E-state index in [2.05, 4.69) is 10.6 Å². The molecule has 0 unspecified atom stereocenters. The molecule has 1 heterocycles. The number of carbonyl (C=O) groups excluding carboxylic acids is 1. The van der Waals surface area contributed by atoms with E-state index < -0.39 is 0 Å². The van der Waals surface area contributed by atoms with Gasteiger partial charge in [-0.3, -0.25) is 0 Å². The average molecular weight is 292 g/mol. The van der Waals surface area contributed by atoms with Crippen LogP contribution in [-0.4, -0.2) is 19.2 Å². The van der Waals surface area contributed by atoms with Crippen LogP contribution < -0.4 is 10.6 Å². The summed E-state index contributed by atoms with van der Waals surface area (Å²) in [6, 6.07) is 8.90. The highest BCUT2D eigenvalue weighted by Gasteiger charge is 2.01. The van der Waals surface area contributed by atoms with Crippen molar-refractivity contribution in [1.29, 1.82) is 0 Å². The van der Waals surface area contributed by atoms with Gasteiger partial charge in [-0.2, -0.15) is 0 Å². The molecule has 0 atom stereocenters. The van der Waals surface area contributed by atoms with Crippen molar-refractivity contribution in [3.05, 3.63) is 54.2 Å². The fourth-order valence-corrected chi connectivity index (χ4v) is 1.65. The van der Waals surface area contributed by atoms with Gasteiger partial charge >= 0.3 is 6.03 Å². The van der Waals surface area contributed by atoms with Crippen molar-refractivity contribution in [2.75, 3.05) is 18.5 Å². The molecule has 2 N–H and O–H groups in total. The second-order valence-electron chi connectivity index (χ2n) is 4.37. The van der Waals surface area contributed by atoms with Crippen molar-refractivity contribution in [2.24, 2.45) is 0 Å². The van der Waals surface area contributed by atoms with E-state index in [1.807, 2.05) is 6.07 Å². The van der Waals surface area contributed by atoms with E-state index in [0.717, 1.165) is 5.76 Å². The third-order valence-corrected chi connectivity index (χ3v) is 2.68. The van der Waals surface area contributed by atoms with Gasteiger partial charge in [0.05, 0.1) is 6.26 Å². The Hall–Kier alpha value is -2.34. The lowest BCUT2D eigenvalue weighted by atomic mass is 10.3. The second-order valence-corrected chi connectivity index (χ2v) is 4.37. The van der Waals surface area contributed by atoms with E-state index in [0.29, 0.717) is 31.9 Å². The number of furan rings is 1. The highest BCUT2D eigenvalue weighted by molar-refractivity contribution is 5.89. The van der Waals surface area contributed by atoms with Gasteiger partial charge < -0.3 is 19.8 Å². The summed E-state index contributed by atoms with van der Waals surface area (Å²) in [6.45, 7) is 1.44. The Labute approximate surface area is 122 Å². The number of hydrogen-bond donors (Lipinski definition) is 2. The molecule has 112 valence electrons.